The molecular weight excluding hydrogens is 348 g/mol. The fourth-order valence-corrected chi connectivity index (χ4v) is 4.26. The second kappa shape index (κ2) is 8.50. The third kappa shape index (κ3) is 4.15. The normalized spacial score (nSPS) is 16.9. The molecular formula is C23H32N4O. The number of rotatable bonds is 7. The van der Waals surface area contributed by atoms with Crippen LogP contribution in [0.25, 0.3) is 22.0 Å². The number of benzene rings is 1. The molecule has 0 saturated carbocycles. The van der Waals surface area contributed by atoms with Crippen molar-refractivity contribution in [1.82, 2.24) is 19.2 Å². The van der Waals surface area contributed by atoms with Gasteiger partial charge in [-0.2, -0.15) is 5.10 Å². The number of aromatic nitrogens is 3. The van der Waals surface area contributed by atoms with E-state index in [0.717, 1.165) is 45.6 Å². The number of aryl methyl sites for hydroxylation is 1. The molecule has 4 rings (SSSR count). The third-order valence-electron chi connectivity index (χ3n) is 6.08. The molecule has 2 aromatic heterocycles. The molecule has 1 aromatic carbocycles. The minimum absolute atomic E-state index is 0.416. The molecule has 28 heavy (non-hydrogen) atoms. The molecule has 0 spiro atoms. The monoisotopic (exact) mass is 380 g/mol. The lowest BCUT2D eigenvalue weighted by Gasteiger charge is -2.27. The van der Waals surface area contributed by atoms with E-state index in [1.54, 1.807) is 0 Å². The molecule has 0 bridgehead atoms. The summed E-state index contributed by atoms with van der Waals surface area (Å²) in [5.74, 6) is 0.653. The molecule has 5 nitrogen and oxygen atoms in total. The van der Waals surface area contributed by atoms with E-state index in [2.05, 4.69) is 76.9 Å². The van der Waals surface area contributed by atoms with Gasteiger partial charge < -0.3 is 14.2 Å². The van der Waals surface area contributed by atoms with Gasteiger partial charge in [0.15, 0.2) is 0 Å². The number of hydrogen-bond acceptors (Lipinski definition) is 3. The Labute approximate surface area is 167 Å². The van der Waals surface area contributed by atoms with Gasteiger partial charge >= 0.3 is 0 Å². The summed E-state index contributed by atoms with van der Waals surface area (Å²) in [7, 11) is 4.26. The van der Waals surface area contributed by atoms with Gasteiger partial charge in [-0.1, -0.05) is 6.07 Å². The van der Waals surface area contributed by atoms with Crippen LogP contribution in [-0.4, -0.2) is 53.1 Å². The van der Waals surface area contributed by atoms with E-state index in [1.165, 1.54) is 22.0 Å². The maximum absolute atomic E-state index is 5.51. The summed E-state index contributed by atoms with van der Waals surface area (Å²) in [5, 5.41) is 5.97. The van der Waals surface area contributed by atoms with Crippen molar-refractivity contribution in [3.8, 4) is 11.1 Å². The standard InChI is InChI=1S/C23H32N4O/c1-18(19-8-13-28-14-9-19)27-17-22(16-24-27)20-5-6-23-21(15-20)7-12-26(23)11-4-10-25(2)3/h5-7,12,15-19H,4,8-11,13-14H2,1-3H3. The largest absolute Gasteiger partial charge is 0.381 e. The maximum atomic E-state index is 5.51. The van der Waals surface area contributed by atoms with Gasteiger partial charge in [0.25, 0.3) is 0 Å². The lowest BCUT2D eigenvalue weighted by molar-refractivity contribution is 0.0496. The van der Waals surface area contributed by atoms with E-state index >= 15 is 0 Å². The van der Waals surface area contributed by atoms with Crippen LogP contribution in [0, 0.1) is 5.92 Å². The topological polar surface area (TPSA) is 35.2 Å². The summed E-state index contributed by atoms with van der Waals surface area (Å²) in [6.45, 7) is 6.21. The van der Waals surface area contributed by atoms with Crippen molar-refractivity contribution in [2.45, 2.75) is 38.8 Å². The van der Waals surface area contributed by atoms with Crippen molar-refractivity contribution in [3.05, 3.63) is 42.9 Å². The Morgan fingerprint density at radius 2 is 2.00 bits per heavy atom. The number of hydrogen-bond donors (Lipinski definition) is 0. The SMILES string of the molecule is CC(C1CCOCC1)n1cc(-c2ccc3c(ccn3CCCN(C)C)c2)cn1. The van der Waals surface area contributed by atoms with Gasteiger partial charge in [0.2, 0.25) is 0 Å². The summed E-state index contributed by atoms with van der Waals surface area (Å²) in [6, 6.07) is 9.41. The van der Waals surface area contributed by atoms with Crippen LogP contribution < -0.4 is 0 Å². The van der Waals surface area contributed by atoms with Crippen LogP contribution in [0.15, 0.2) is 42.9 Å². The van der Waals surface area contributed by atoms with Gasteiger partial charge in [-0.15, -0.1) is 0 Å². The van der Waals surface area contributed by atoms with Gasteiger partial charge in [-0.25, -0.2) is 0 Å². The Morgan fingerprint density at radius 1 is 1.18 bits per heavy atom. The second-order valence-corrected chi connectivity index (χ2v) is 8.34. The molecule has 1 unspecified atom stereocenters. The molecule has 1 aliphatic rings. The van der Waals surface area contributed by atoms with Gasteiger partial charge in [-0.05, 0) is 76.5 Å². The third-order valence-corrected chi connectivity index (χ3v) is 6.08. The van der Waals surface area contributed by atoms with Crippen molar-refractivity contribution in [3.63, 3.8) is 0 Å². The molecule has 0 amide bonds. The van der Waals surface area contributed by atoms with E-state index in [-0.39, 0.29) is 0 Å². The van der Waals surface area contributed by atoms with Crippen LogP contribution in [0.4, 0.5) is 0 Å². The molecule has 0 radical (unpaired) electrons. The average molecular weight is 381 g/mol. The van der Waals surface area contributed by atoms with E-state index in [4.69, 9.17) is 4.74 Å². The molecule has 0 N–H and O–H groups in total. The second-order valence-electron chi connectivity index (χ2n) is 8.34. The van der Waals surface area contributed by atoms with Crippen LogP contribution in [-0.2, 0) is 11.3 Å². The Bertz CT molecular complexity index is 904. The summed E-state index contributed by atoms with van der Waals surface area (Å²) in [4.78, 5) is 2.24. The molecule has 1 aliphatic heterocycles. The van der Waals surface area contributed by atoms with Crippen molar-refractivity contribution < 1.29 is 4.74 Å². The Hall–Kier alpha value is -2.11. The smallest absolute Gasteiger partial charge is 0.0568 e. The zero-order chi connectivity index (χ0) is 19.5. The zero-order valence-corrected chi connectivity index (χ0v) is 17.3. The van der Waals surface area contributed by atoms with Gasteiger partial charge in [0.1, 0.15) is 0 Å². The van der Waals surface area contributed by atoms with E-state index in [9.17, 15) is 0 Å². The quantitative estimate of drug-likeness (QED) is 0.608. The van der Waals surface area contributed by atoms with Crippen LogP contribution in [0.5, 0.6) is 0 Å². The molecule has 1 atom stereocenters. The number of ether oxygens (including phenoxy) is 1. The highest BCUT2D eigenvalue weighted by Gasteiger charge is 2.22. The van der Waals surface area contributed by atoms with Crippen LogP contribution in [0.2, 0.25) is 0 Å². The summed E-state index contributed by atoms with van der Waals surface area (Å²) < 4.78 is 10.0. The van der Waals surface area contributed by atoms with E-state index < -0.39 is 0 Å². The Balaban J connectivity index is 1.49. The van der Waals surface area contributed by atoms with Crippen LogP contribution >= 0.6 is 0 Å². The first-order valence-electron chi connectivity index (χ1n) is 10.5. The highest BCUT2D eigenvalue weighted by molar-refractivity contribution is 5.85. The van der Waals surface area contributed by atoms with Crippen LogP contribution in [0.3, 0.4) is 0 Å². The molecule has 3 aromatic rings. The van der Waals surface area contributed by atoms with E-state index in [1.807, 2.05) is 6.20 Å². The van der Waals surface area contributed by atoms with Crippen molar-refractivity contribution in [2.24, 2.45) is 5.92 Å². The molecule has 3 heterocycles. The predicted octanol–water partition coefficient (Wildman–Crippen LogP) is 4.44. The number of fused-ring (bicyclic) bond motifs is 1. The van der Waals surface area contributed by atoms with Crippen LogP contribution in [0.1, 0.15) is 32.2 Å². The maximum Gasteiger partial charge on any atom is 0.0568 e. The van der Waals surface area contributed by atoms with Gasteiger partial charge in [0, 0.05) is 48.6 Å². The van der Waals surface area contributed by atoms with Gasteiger partial charge in [-0.3, -0.25) is 4.68 Å². The highest BCUT2D eigenvalue weighted by atomic mass is 16.5. The van der Waals surface area contributed by atoms with Gasteiger partial charge in [0.05, 0.1) is 12.2 Å². The van der Waals surface area contributed by atoms with Crippen molar-refractivity contribution in [1.29, 1.82) is 0 Å². The Morgan fingerprint density at radius 3 is 2.79 bits per heavy atom. The first-order chi connectivity index (χ1) is 13.6. The summed E-state index contributed by atoms with van der Waals surface area (Å²) in [5.41, 5.74) is 3.75. The molecule has 150 valence electrons. The molecule has 0 aliphatic carbocycles. The average Bonchev–Trinajstić information content (AvgIpc) is 3.35. The summed E-state index contributed by atoms with van der Waals surface area (Å²) >= 11 is 0. The van der Waals surface area contributed by atoms with Crippen molar-refractivity contribution >= 4 is 10.9 Å². The first kappa shape index (κ1) is 19.2. The van der Waals surface area contributed by atoms with E-state index in [0.29, 0.717) is 12.0 Å². The molecule has 1 saturated heterocycles. The minimum Gasteiger partial charge on any atom is -0.381 e. The fourth-order valence-electron chi connectivity index (χ4n) is 4.26. The highest BCUT2D eigenvalue weighted by Crippen LogP contribution is 2.30. The Kier molecular flexibility index (Phi) is 5.83. The first-order valence-corrected chi connectivity index (χ1v) is 10.5. The van der Waals surface area contributed by atoms with Crippen molar-refractivity contribution in [2.75, 3.05) is 33.9 Å². The molecule has 5 heteroatoms. The lowest BCUT2D eigenvalue weighted by Crippen LogP contribution is -2.24. The number of nitrogens with zero attached hydrogens (tertiary/aromatic N) is 4. The predicted molar refractivity (Wildman–Crippen MR) is 115 cm³/mol. The zero-order valence-electron chi connectivity index (χ0n) is 17.3. The molecule has 1 fully saturated rings. The fraction of sp³-hybridized carbons (Fsp3) is 0.522. The summed E-state index contributed by atoms with van der Waals surface area (Å²) in [6.07, 6.45) is 9.84. The lowest BCUT2D eigenvalue weighted by atomic mass is 9.93. The minimum atomic E-state index is 0.416.